The number of benzene rings is 3. The first-order valence-electron chi connectivity index (χ1n) is 20.5. The van der Waals surface area contributed by atoms with Crippen molar-refractivity contribution in [1.29, 1.82) is 0 Å². The van der Waals surface area contributed by atoms with Gasteiger partial charge < -0.3 is 33.3 Å². The molecule has 0 amide bonds. The second-order valence-corrected chi connectivity index (χ2v) is 18.7. The molecule has 2 saturated heterocycles. The average molecular weight is 1130 g/mol. The van der Waals surface area contributed by atoms with Crippen LogP contribution in [0, 0.1) is 17.5 Å². The zero-order valence-electron chi connectivity index (χ0n) is 37.4. The van der Waals surface area contributed by atoms with E-state index in [0.717, 1.165) is 6.07 Å². The molecule has 4 atom stereocenters. The molecule has 0 spiro atoms. The third kappa shape index (κ3) is 11.8. The molecule has 5 heterocycles. The van der Waals surface area contributed by atoms with Gasteiger partial charge in [-0.2, -0.15) is 39.5 Å². The molecule has 0 N–H and O–H groups in total. The molecule has 22 heteroatoms. The van der Waals surface area contributed by atoms with Gasteiger partial charge >= 0.3 is 18.5 Å². The van der Waals surface area contributed by atoms with Crippen molar-refractivity contribution in [3.63, 3.8) is 0 Å². The maximum Gasteiger partial charge on any atom is 0.450 e. The molecule has 0 saturated carbocycles. The molecule has 0 aliphatic carbocycles. The molecule has 5 aliphatic heterocycles. The van der Waals surface area contributed by atoms with Gasteiger partial charge in [-0.3, -0.25) is 4.79 Å². The van der Waals surface area contributed by atoms with E-state index in [0.29, 0.717) is 89.7 Å². The number of carbonyl (C=O) groups is 1. The summed E-state index contributed by atoms with van der Waals surface area (Å²) in [7, 11) is 0. The number of ether oxygens (including phenoxy) is 5. The minimum atomic E-state index is -4.88. The van der Waals surface area contributed by atoms with Gasteiger partial charge in [-0.25, -0.2) is 25.7 Å². The molecule has 368 valence electrons. The number of carbonyl (C=O) groups excluding carboxylic acids is 3. The number of hydrogen-bond acceptors (Lipinski definition) is 8. The summed E-state index contributed by atoms with van der Waals surface area (Å²) in [6, 6.07) is 7.50. The van der Waals surface area contributed by atoms with E-state index in [4.69, 9.17) is 14.2 Å². The topological polar surface area (TPSA) is 104 Å². The zero-order chi connectivity index (χ0) is 49.2. The Morgan fingerprint density at radius 3 is 1.09 bits per heavy atom. The monoisotopic (exact) mass is 1130 g/mol. The molecular formula is C46H44F12O8Y2-2. The van der Waals surface area contributed by atoms with Crippen LogP contribution in [0.2, 0.25) is 0 Å². The molecule has 8 rings (SSSR count). The second kappa shape index (κ2) is 20.5. The molecule has 0 unspecified atom stereocenters. The van der Waals surface area contributed by atoms with E-state index in [1.807, 2.05) is 0 Å². The number of hydrogen-bond donors (Lipinski definition) is 0. The summed E-state index contributed by atoms with van der Waals surface area (Å²) in [5.74, 6) is -2.12. The molecular weight excluding hydrogens is 1090 g/mol. The predicted molar refractivity (Wildman–Crippen MR) is 209 cm³/mol. The quantitative estimate of drug-likeness (QED) is 0.106. The van der Waals surface area contributed by atoms with E-state index in [1.165, 1.54) is 56.8 Å². The van der Waals surface area contributed by atoms with Gasteiger partial charge in [0.1, 0.15) is 34.7 Å². The molecule has 0 bridgehead atoms. The van der Waals surface area contributed by atoms with Gasteiger partial charge in [0.2, 0.25) is 5.78 Å². The number of halogens is 12. The van der Waals surface area contributed by atoms with Crippen LogP contribution in [0.4, 0.5) is 52.7 Å². The van der Waals surface area contributed by atoms with Gasteiger partial charge in [0.05, 0.1) is 19.8 Å². The van der Waals surface area contributed by atoms with Crippen molar-refractivity contribution in [2.24, 2.45) is 0 Å². The van der Waals surface area contributed by atoms with Crippen molar-refractivity contribution in [2.75, 3.05) is 19.8 Å². The van der Waals surface area contributed by atoms with Crippen LogP contribution in [-0.4, -0.2) is 80.1 Å². The summed E-state index contributed by atoms with van der Waals surface area (Å²) in [4.78, 5) is 32.5. The van der Waals surface area contributed by atoms with Gasteiger partial charge in [-0.05, 0) is 60.1 Å². The molecule has 3 aromatic carbocycles. The Kier molecular flexibility index (Phi) is 17.4. The number of epoxide rings is 2. The first-order valence-corrected chi connectivity index (χ1v) is 20.5. The van der Waals surface area contributed by atoms with E-state index in [2.05, 4.69) is 9.47 Å². The van der Waals surface area contributed by atoms with Gasteiger partial charge in [0.25, 0.3) is 0 Å². The third-order valence-electron chi connectivity index (χ3n) is 12.3. The SMILES string of the molecule is CC(C)(CC(=O)C(F)(F)F)c1cc(F)cc2c1OCC2.CC(C)(C[C@@]1(C(F)(F)F)O[C@@H]1[C-]=O)c1cc(F)cc2c1OCC2.CC(C)(C[C@]1(C(F)(F)F)O[C@H]1[C-]=O)c1cc(F)cc2c1OCC2.[Y].[Y]. The van der Waals surface area contributed by atoms with Crippen molar-refractivity contribution < 1.29 is 156 Å². The number of ketones is 1. The van der Waals surface area contributed by atoms with E-state index in [1.54, 1.807) is 27.7 Å². The summed E-state index contributed by atoms with van der Waals surface area (Å²) >= 11 is 0. The van der Waals surface area contributed by atoms with E-state index < -0.39 is 101 Å². The normalized spacial score (nSPS) is 22.4. The standard InChI is InChI=1S/2C16H15F4O3.C14H14F4O2.2Y/c2*1-14(2,8-15(16(18,19)20)12(7-21)23-15)11-6-10(17)5-9-3-4-22-13(9)11;1-13(2,7-11(19)14(16,17)18)10-6-9(15)5-8-3-4-20-12(8)10;;/h2*5-6,12H,3-4,8H2,1-2H3;5-6H,3-4,7H2,1-2H3;;/q2*-1;;;/t2*12-,15-;;;/m10.../s1. The summed E-state index contributed by atoms with van der Waals surface area (Å²) in [5, 5.41) is 0. The second-order valence-electron chi connectivity index (χ2n) is 18.7. The Morgan fingerprint density at radius 1 is 0.544 bits per heavy atom. The Labute approximate surface area is 434 Å². The number of alkyl halides is 9. The van der Waals surface area contributed by atoms with Crippen LogP contribution >= 0.6 is 0 Å². The Balaban J connectivity index is 0.000000220. The number of rotatable bonds is 11. The van der Waals surface area contributed by atoms with Crippen molar-refractivity contribution in [1.82, 2.24) is 0 Å². The first-order chi connectivity index (χ1) is 30.3. The van der Waals surface area contributed by atoms with Gasteiger partial charge in [-0.15, -0.1) is 0 Å². The zero-order valence-corrected chi connectivity index (χ0v) is 43.1. The largest absolute Gasteiger partial charge is 0.539 e. The molecule has 68 heavy (non-hydrogen) atoms. The maximum absolute atomic E-state index is 13.8. The van der Waals surface area contributed by atoms with Crippen LogP contribution in [0.3, 0.4) is 0 Å². The van der Waals surface area contributed by atoms with Gasteiger partial charge in [0, 0.05) is 142 Å². The van der Waals surface area contributed by atoms with Crippen LogP contribution in [0.1, 0.15) is 94.2 Å². The van der Waals surface area contributed by atoms with Crippen LogP contribution in [0.15, 0.2) is 36.4 Å². The smallest absolute Gasteiger partial charge is 0.450 e. The minimum Gasteiger partial charge on any atom is -0.539 e. The number of Topliss-reactive ketones (excluding diaryl/α,β-unsaturated/α-hetero) is 1. The number of fused-ring (bicyclic) bond motifs is 3. The van der Waals surface area contributed by atoms with E-state index in [9.17, 15) is 67.1 Å². The van der Waals surface area contributed by atoms with Crippen molar-refractivity contribution >= 4 is 18.4 Å². The molecule has 5 aliphatic rings. The molecule has 2 radical (unpaired) electrons. The van der Waals surface area contributed by atoms with Crippen molar-refractivity contribution in [3.8, 4) is 17.2 Å². The maximum atomic E-state index is 13.8. The van der Waals surface area contributed by atoms with Crippen molar-refractivity contribution in [3.05, 3.63) is 87.2 Å². The van der Waals surface area contributed by atoms with Crippen LogP contribution < -0.4 is 14.2 Å². The van der Waals surface area contributed by atoms with Crippen LogP contribution in [0.25, 0.3) is 0 Å². The predicted octanol–water partition coefficient (Wildman–Crippen LogP) is 10.0. The van der Waals surface area contributed by atoms with E-state index >= 15 is 0 Å². The summed E-state index contributed by atoms with van der Waals surface area (Å²) in [5.41, 5.74) is -5.53. The first kappa shape index (κ1) is 57.9. The fourth-order valence-electron chi connectivity index (χ4n) is 8.91. The molecule has 8 nitrogen and oxygen atoms in total. The molecule has 3 aromatic rings. The minimum absolute atomic E-state index is 0. The summed E-state index contributed by atoms with van der Waals surface area (Å²) < 4.78 is 184. The fraction of sp³-hybridized carbons (Fsp3) is 0.543. The summed E-state index contributed by atoms with van der Waals surface area (Å²) in [6.07, 6.45) is -15.2. The van der Waals surface area contributed by atoms with Crippen LogP contribution in [-0.2, 0) is 125 Å². The Morgan fingerprint density at radius 2 is 0.838 bits per heavy atom. The van der Waals surface area contributed by atoms with Gasteiger partial charge in [-0.1, -0.05) is 41.5 Å². The molecule has 0 aromatic heterocycles. The fourth-order valence-corrected chi connectivity index (χ4v) is 8.91. The average Bonchev–Trinajstić information content (AvgIpc) is 3.75. The summed E-state index contributed by atoms with van der Waals surface area (Å²) in [6.45, 7) is 10.3. The van der Waals surface area contributed by atoms with E-state index in [-0.39, 0.29) is 65.4 Å². The Hall–Kier alpha value is -2.64. The van der Waals surface area contributed by atoms with Crippen molar-refractivity contribution in [2.45, 2.75) is 138 Å². The third-order valence-corrected chi connectivity index (χ3v) is 12.3. The Bertz CT molecular complexity index is 2270. The van der Waals surface area contributed by atoms with Gasteiger partial charge in [0.15, 0.2) is 11.2 Å². The van der Waals surface area contributed by atoms with Crippen LogP contribution in [0.5, 0.6) is 17.2 Å². The molecule has 2 fully saturated rings.